The van der Waals surface area contributed by atoms with Crippen LogP contribution in [-0.2, 0) is 0 Å². The fourth-order valence-electron chi connectivity index (χ4n) is 18.6. The summed E-state index contributed by atoms with van der Waals surface area (Å²) in [6.07, 6.45) is 3.66. The van der Waals surface area contributed by atoms with Crippen LogP contribution in [0.3, 0.4) is 0 Å². The van der Waals surface area contributed by atoms with Crippen LogP contribution in [0.4, 0.5) is 68.2 Å². The Balaban J connectivity index is 0.756. The maximum Gasteiger partial charge on any atom is 0.0971 e. The van der Waals surface area contributed by atoms with Crippen molar-refractivity contribution in [2.75, 3.05) is 19.6 Å². The molecule has 0 saturated carbocycles. The Hall–Kier alpha value is -15.0. The van der Waals surface area contributed by atoms with Crippen molar-refractivity contribution < 1.29 is 0 Å². The van der Waals surface area contributed by atoms with E-state index in [-0.39, 0.29) is 0 Å². The highest BCUT2D eigenvalue weighted by Gasteiger charge is 2.36. The number of benzene rings is 17. The monoisotopic (exact) mass is 1400 g/mol. The molecule has 0 N–H and O–H groups in total. The SMILES string of the molecule is c1ccc(N2c3cc(-n4c5ccccc5c5ccccc54)ccc3N(c3ccc4c(c3)c3cc(N5c6ccc(-n7c8ccccc8c8ccccc87)cc6N(c6ccccc6)c6cc(-n7c8ccccc8c8ccccc87)ccc65)ccc3c3nccnc43)c3ccc(-n4c5ccccc5c5ccccc54)cc32)cc1. The number of aromatic nitrogens is 6. The molecule has 2 aliphatic heterocycles. The van der Waals surface area contributed by atoms with E-state index in [2.05, 4.69) is 402 Å². The summed E-state index contributed by atoms with van der Waals surface area (Å²) in [6.45, 7) is 0. The molecule has 0 radical (unpaired) electrons. The quantitative estimate of drug-likeness (QED) is 0.141. The predicted octanol–water partition coefficient (Wildman–Crippen LogP) is 26.8. The first-order chi connectivity index (χ1) is 54.6. The van der Waals surface area contributed by atoms with Gasteiger partial charge >= 0.3 is 0 Å². The summed E-state index contributed by atoms with van der Waals surface area (Å²) in [5.74, 6) is 0. The Morgan fingerprint density at radius 2 is 0.364 bits per heavy atom. The van der Waals surface area contributed by atoms with Crippen molar-refractivity contribution in [3.05, 3.63) is 376 Å². The Kier molecular flexibility index (Phi) is 12.7. The molecule has 0 aliphatic carbocycles. The second kappa shape index (κ2) is 23.2. The Morgan fingerprint density at radius 3 is 0.618 bits per heavy atom. The van der Waals surface area contributed by atoms with Crippen molar-refractivity contribution in [3.63, 3.8) is 0 Å². The van der Waals surface area contributed by atoms with Crippen molar-refractivity contribution in [1.29, 1.82) is 0 Å². The molecule has 7 heterocycles. The minimum Gasteiger partial charge on any atom is -0.309 e. The van der Waals surface area contributed by atoms with Crippen LogP contribution in [0.15, 0.2) is 376 Å². The van der Waals surface area contributed by atoms with E-state index in [1.165, 1.54) is 43.1 Å². The highest BCUT2D eigenvalue weighted by atomic mass is 15.3. The van der Waals surface area contributed by atoms with Gasteiger partial charge in [0.1, 0.15) is 0 Å². The van der Waals surface area contributed by atoms with Gasteiger partial charge in [-0.05, 0) is 181 Å². The molecule has 10 heteroatoms. The predicted molar refractivity (Wildman–Crippen MR) is 458 cm³/mol. The van der Waals surface area contributed by atoms with Crippen LogP contribution in [-0.4, -0.2) is 28.2 Å². The fourth-order valence-corrected chi connectivity index (χ4v) is 18.6. The summed E-state index contributed by atoms with van der Waals surface area (Å²) in [6, 6.07) is 134. The van der Waals surface area contributed by atoms with E-state index in [0.29, 0.717) is 0 Å². The number of nitrogens with zero attached hydrogens (tertiary/aromatic N) is 10. The summed E-state index contributed by atoms with van der Waals surface area (Å²) >= 11 is 0. The van der Waals surface area contributed by atoms with Crippen LogP contribution in [0.1, 0.15) is 0 Å². The zero-order valence-electron chi connectivity index (χ0n) is 59.3. The molecular weight excluding hydrogens is 1340 g/mol. The van der Waals surface area contributed by atoms with Crippen molar-refractivity contribution in [2.45, 2.75) is 0 Å². The molecule has 0 fully saturated rings. The summed E-state index contributed by atoms with van der Waals surface area (Å²) in [4.78, 5) is 20.4. The summed E-state index contributed by atoms with van der Waals surface area (Å²) in [5, 5.41) is 13.8. The van der Waals surface area contributed by atoms with E-state index in [0.717, 1.165) is 168 Å². The number of anilines is 12. The third-order valence-electron chi connectivity index (χ3n) is 23.2. The van der Waals surface area contributed by atoms with E-state index in [4.69, 9.17) is 9.97 Å². The molecule has 0 saturated heterocycles. The summed E-state index contributed by atoms with van der Waals surface area (Å²) in [5.41, 5.74) is 27.5. The summed E-state index contributed by atoms with van der Waals surface area (Å²) in [7, 11) is 0. The number of hydrogen-bond acceptors (Lipinski definition) is 6. The van der Waals surface area contributed by atoms with Gasteiger partial charge in [-0.25, -0.2) is 0 Å². The molecule has 10 nitrogen and oxygen atoms in total. The van der Waals surface area contributed by atoms with E-state index in [1.807, 2.05) is 12.4 Å². The minimum absolute atomic E-state index is 0.845. The van der Waals surface area contributed by atoms with Crippen molar-refractivity contribution in [3.8, 4) is 22.7 Å². The van der Waals surface area contributed by atoms with Crippen molar-refractivity contribution in [2.24, 2.45) is 0 Å². The molecule has 5 aromatic heterocycles. The fraction of sp³-hybridized carbons (Fsp3) is 0. The standard InChI is InChI=1S/C100H62N10/c1-3-23-63(24-4-1)103-95-59-67(105-83-35-15-7-27-71(83)72-28-8-16-36-84(72)105)45-51-91(95)109(92-52-46-68(60-96(92)103)106-85-37-17-9-29-73(85)74-30-10-18-38-86(74)106)65-43-49-79-81(57-65)82-58-66(44-50-80(82)100-99(79)101-55-56-102-100)110-93-53-47-69(107-87-39-19-11-31-75(87)76-32-12-20-40-88(76)107)61-97(93)104(64-25-5-2-6-26-64)98-62-70(48-54-94(98)110)108-89-41-21-13-33-77(89)78-34-14-22-42-90(78)108/h1-62H. The third kappa shape index (κ3) is 8.63. The molecular formula is C100H62N10. The molecule has 0 unspecified atom stereocenters. The van der Waals surface area contributed by atoms with Gasteiger partial charge in [0.25, 0.3) is 0 Å². The van der Waals surface area contributed by atoms with Gasteiger partial charge in [-0.2, -0.15) is 0 Å². The van der Waals surface area contributed by atoms with E-state index < -0.39 is 0 Å². The third-order valence-corrected chi connectivity index (χ3v) is 23.2. The van der Waals surface area contributed by atoms with Gasteiger partial charge in [0.05, 0.1) is 101 Å². The van der Waals surface area contributed by atoms with Gasteiger partial charge < -0.3 is 37.9 Å². The van der Waals surface area contributed by atoms with Crippen LogP contribution in [0.25, 0.3) is 143 Å². The molecule has 24 rings (SSSR count). The lowest BCUT2D eigenvalue weighted by molar-refractivity contribution is 1.12. The minimum atomic E-state index is 0.845. The molecule has 17 aromatic carbocycles. The van der Waals surface area contributed by atoms with Gasteiger partial charge in [0.2, 0.25) is 0 Å². The normalized spacial score (nSPS) is 12.8. The highest BCUT2D eigenvalue weighted by Crippen LogP contribution is 2.59. The van der Waals surface area contributed by atoms with Crippen LogP contribution in [0, 0.1) is 0 Å². The average Bonchev–Trinajstić information content (AvgIpc) is 0.884. The summed E-state index contributed by atoms with van der Waals surface area (Å²) < 4.78 is 9.73. The van der Waals surface area contributed by atoms with Crippen molar-refractivity contribution in [1.82, 2.24) is 28.2 Å². The molecule has 512 valence electrons. The Labute approximate surface area is 631 Å². The van der Waals surface area contributed by atoms with E-state index in [1.54, 1.807) is 0 Å². The van der Waals surface area contributed by atoms with Crippen LogP contribution < -0.4 is 19.6 Å². The largest absolute Gasteiger partial charge is 0.309 e. The Bertz CT molecular complexity index is 6660. The average molecular weight is 1400 g/mol. The first-order valence-electron chi connectivity index (χ1n) is 37.5. The van der Waals surface area contributed by atoms with Crippen LogP contribution in [0.2, 0.25) is 0 Å². The zero-order chi connectivity index (χ0) is 71.8. The lowest BCUT2D eigenvalue weighted by atomic mass is 9.96. The highest BCUT2D eigenvalue weighted by molar-refractivity contribution is 6.25. The number of hydrogen-bond donors (Lipinski definition) is 0. The van der Waals surface area contributed by atoms with E-state index in [9.17, 15) is 0 Å². The van der Waals surface area contributed by atoms with Gasteiger partial charge in [0.15, 0.2) is 0 Å². The van der Waals surface area contributed by atoms with Gasteiger partial charge in [-0.3, -0.25) is 9.97 Å². The number of para-hydroxylation sites is 10. The van der Waals surface area contributed by atoms with Crippen LogP contribution >= 0.6 is 0 Å². The molecule has 0 atom stereocenters. The lowest BCUT2D eigenvalue weighted by Gasteiger charge is -2.41. The van der Waals surface area contributed by atoms with Gasteiger partial charge in [-0.15, -0.1) is 0 Å². The van der Waals surface area contributed by atoms with Gasteiger partial charge in [0, 0.05) is 112 Å². The maximum absolute atomic E-state index is 5.21. The molecule has 0 spiro atoms. The molecule has 2 aliphatic rings. The van der Waals surface area contributed by atoms with Gasteiger partial charge in [-0.1, -0.05) is 194 Å². The van der Waals surface area contributed by atoms with E-state index >= 15 is 0 Å². The topological polar surface area (TPSA) is 58.5 Å². The van der Waals surface area contributed by atoms with Crippen molar-refractivity contribution >= 4 is 188 Å². The number of rotatable bonds is 8. The second-order valence-corrected chi connectivity index (χ2v) is 28.9. The second-order valence-electron chi connectivity index (χ2n) is 28.9. The first kappa shape index (κ1) is 60.3. The smallest absolute Gasteiger partial charge is 0.0971 e. The number of fused-ring (bicyclic) bond motifs is 22. The lowest BCUT2D eigenvalue weighted by Crippen LogP contribution is -2.24. The molecule has 0 amide bonds. The zero-order valence-corrected chi connectivity index (χ0v) is 59.3. The maximum atomic E-state index is 5.21. The first-order valence-corrected chi connectivity index (χ1v) is 37.5. The molecule has 0 bridgehead atoms. The Morgan fingerprint density at radius 1 is 0.145 bits per heavy atom. The van der Waals surface area contributed by atoms with Crippen LogP contribution in [0.5, 0.6) is 0 Å². The molecule has 22 aromatic rings. The molecule has 110 heavy (non-hydrogen) atoms.